The van der Waals surface area contributed by atoms with E-state index in [2.05, 4.69) is 73.4 Å². The molecule has 0 N–H and O–H groups in total. The normalized spacial score (nSPS) is 11.9. The highest BCUT2D eigenvalue weighted by Gasteiger charge is 1.99. The van der Waals surface area contributed by atoms with E-state index in [1.54, 1.807) is 0 Å². The van der Waals surface area contributed by atoms with Gasteiger partial charge in [-0.3, -0.25) is 4.99 Å². The molecule has 0 amide bonds. The molecule has 0 aliphatic rings. The summed E-state index contributed by atoms with van der Waals surface area (Å²) in [6, 6.07) is 19.3. The molecule has 3 aromatic rings. The minimum atomic E-state index is 0.479. The SMILES string of the molecule is CC(C)/C=N/c1ccc2cc3ccccc3cc2c1. The Labute approximate surface area is 113 Å². The van der Waals surface area contributed by atoms with Crippen molar-refractivity contribution < 1.29 is 0 Å². The molecule has 0 spiro atoms. The van der Waals surface area contributed by atoms with Crippen LogP contribution in [0.2, 0.25) is 0 Å². The number of nitrogens with zero attached hydrogens (tertiary/aromatic N) is 1. The van der Waals surface area contributed by atoms with Crippen molar-refractivity contribution in [3.05, 3.63) is 54.6 Å². The van der Waals surface area contributed by atoms with Gasteiger partial charge in [0.2, 0.25) is 0 Å². The Kier molecular flexibility index (Phi) is 3.04. The highest BCUT2D eigenvalue weighted by Crippen LogP contribution is 2.26. The summed E-state index contributed by atoms with van der Waals surface area (Å²) in [5.74, 6) is 0.479. The van der Waals surface area contributed by atoms with Crippen LogP contribution < -0.4 is 0 Å². The first-order valence-corrected chi connectivity index (χ1v) is 6.69. The number of fused-ring (bicyclic) bond motifs is 2. The van der Waals surface area contributed by atoms with Gasteiger partial charge in [-0.2, -0.15) is 0 Å². The largest absolute Gasteiger partial charge is 0.261 e. The molecule has 19 heavy (non-hydrogen) atoms. The first-order chi connectivity index (χ1) is 9.22. The van der Waals surface area contributed by atoms with Crippen LogP contribution in [0.15, 0.2) is 59.6 Å². The molecule has 0 saturated carbocycles. The first-order valence-electron chi connectivity index (χ1n) is 6.69. The molecule has 3 aromatic carbocycles. The lowest BCUT2D eigenvalue weighted by molar-refractivity contribution is 0.907. The smallest absolute Gasteiger partial charge is 0.0632 e. The zero-order valence-electron chi connectivity index (χ0n) is 11.3. The van der Waals surface area contributed by atoms with Crippen molar-refractivity contribution >= 4 is 33.4 Å². The molecule has 0 heterocycles. The summed E-state index contributed by atoms with van der Waals surface area (Å²) in [6.07, 6.45) is 1.99. The molecule has 3 rings (SSSR count). The predicted octanol–water partition coefficient (Wildman–Crippen LogP) is 5.35. The molecule has 0 unspecified atom stereocenters. The highest BCUT2D eigenvalue weighted by atomic mass is 14.7. The van der Waals surface area contributed by atoms with Crippen LogP contribution in [0.3, 0.4) is 0 Å². The van der Waals surface area contributed by atoms with Crippen molar-refractivity contribution in [2.45, 2.75) is 13.8 Å². The summed E-state index contributed by atoms with van der Waals surface area (Å²) < 4.78 is 0. The number of hydrogen-bond donors (Lipinski definition) is 0. The van der Waals surface area contributed by atoms with Crippen molar-refractivity contribution in [3.63, 3.8) is 0 Å². The average molecular weight is 247 g/mol. The fourth-order valence-electron chi connectivity index (χ4n) is 2.24. The van der Waals surface area contributed by atoms with Gasteiger partial charge in [-0.05, 0) is 51.7 Å². The molecular weight excluding hydrogens is 230 g/mol. The fraction of sp³-hybridized carbons (Fsp3) is 0.167. The monoisotopic (exact) mass is 247 g/mol. The third-order valence-electron chi connectivity index (χ3n) is 3.21. The molecule has 0 radical (unpaired) electrons. The van der Waals surface area contributed by atoms with Crippen molar-refractivity contribution in [3.8, 4) is 0 Å². The molecule has 1 nitrogen and oxygen atoms in total. The van der Waals surface area contributed by atoms with E-state index in [-0.39, 0.29) is 0 Å². The van der Waals surface area contributed by atoms with Crippen LogP contribution in [0.1, 0.15) is 13.8 Å². The zero-order valence-corrected chi connectivity index (χ0v) is 11.3. The number of aliphatic imine (C=N–C) groups is 1. The van der Waals surface area contributed by atoms with Crippen LogP contribution in [-0.2, 0) is 0 Å². The third kappa shape index (κ3) is 2.50. The summed E-state index contributed by atoms with van der Waals surface area (Å²) in [4.78, 5) is 4.51. The molecule has 0 atom stereocenters. The minimum absolute atomic E-state index is 0.479. The summed E-state index contributed by atoms with van der Waals surface area (Å²) in [5, 5.41) is 5.08. The summed E-state index contributed by atoms with van der Waals surface area (Å²) in [5.41, 5.74) is 1.02. The Morgan fingerprint density at radius 2 is 1.42 bits per heavy atom. The Balaban J connectivity index is 2.14. The second kappa shape index (κ2) is 4.85. The lowest BCUT2D eigenvalue weighted by Gasteiger charge is -2.03. The minimum Gasteiger partial charge on any atom is -0.261 e. The lowest BCUT2D eigenvalue weighted by Crippen LogP contribution is -1.85. The number of benzene rings is 3. The third-order valence-corrected chi connectivity index (χ3v) is 3.21. The van der Waals surface area contributed by atoms with E-state index in [0.29, 0.717) is 5.92 Å². The number of hydrogen-bond acceptors (Lipinski definition) is 1. The Bertz CT molecular complexity index is 754. The van der Waals surface area contributed by atoms with E-state index in [9.17, 15) is 0 Å². The first kappa shape index (κ1) is 11.9. The van der Waals surface area contributed by atoms with E-state index in [1.165, 1.54) is 21.5 Å². The van der Waals surface area contributed by atoms with Gasteiger partial charge in [-0.25, -0.2) is 0 Å². The van der Waals surface area contributed by atoms with E-state index >= 15 is 0 Å². The van der Waals surface area contributed by atoms with Crippen LogP contribution in [0.4, 0.5) is 5.69 Å². The summed E-state index contributed by atoms with van der Waals surface area (Å²) in [7, 11) is 0. The fourth-order valence-corrected chi connectivity index (χ4v) is 2.24. The molecule has 0 aliphatic carbocycles. The van der Waals surface area contributed by atoms with Gasteiger partial charge in [0, 0.05) is 6.21 Å². The van der Waals surface area contributed by atoms with Gasteiger partial charge < -0.3 is 0 Å². The standard InChI is InChI=1S/C18H17N/c1-13(2)12-19-18-8-7-16-9-14-5-3-4-6-15(14)10-17(16)11-18/h3-13H,1-2H3/b19-12+. The molecule has 94 valence electrons. The molecule has 0 fully saturated rings. The van der Waals surface area contributed by atoms with Gasteiger partial charge in [-0.1, -0.05) is 44.2 Å². The maximum Gasteiger partial charge on any atom is 0.0632 e. The lowest BCUT2D eigenvalue weighted by atomic mass is 10.0. The van der Waals surface area contributed by atoms with E-state index in [1.807, 2.05) is 6.21 Å². The predicted molar refractivity (Wildman–Crippen MR) is 84.4 cm³/mol. The number of rotatable bonds is 2. The van der Waals surface area contributed by atoms with Crippen molar-refractivity contribution in [2.24, 2.45) is 10.9 Å². The van der Waals surface area contributed by atoms with E-state index in [0.717, 1.165) is 5.69 Å². The van der Waals surface area contributed by atoms with Crippen molar-refractivity contribution in [1.82, 2.24) is 0 Å². The Morgan fingerprint density at radius 1 is 0.789 bits per heavy atom. The maximum absolute atomic E-state index is 4.51. The molecule has 0 aliphatic heterocycles. The average Bonchev–Trinajstić information content (AvgIpc) is 2.42. The quantitative estimate of drug-likeness (QED) is 0.427. The second-order valence-electron chi connectivity index (χ2n) is 5.25. The van der Waals surface area contributed by atoms with Crippen LogP contribution >= 0.6 is 0 Å². The zero-order chi connectivity index (χ0) is 13.2. The topological polar surface area (TPSA) is 12.4 Å². The van der Waals surface area contributed by atoms with Gasteiger partial charge in [0.15, 0.2) is 0 Å². The van der Waals surface area contributed by atoms with Crippen molar-refractivity contribution in [2.75, 3.05) is 0 Å². The van der Waals surface area contributed by atoms with Crippen LogP contribution in [-0.4, -0.2) is 6.21 Å². The van der Waals surface area contributed by atoms with Crippen LogP contribution in [0, 0.1) is 5.92 Å². The van der Waals surface area contributed by atoms with E-state index in [4.69, 9.17) is 0 Å². The van der Waals surface area contributed by atoms with Crippen LogP contribution in [0.25, 0.3) is 21.5 Å². The maximum atomic E-state index is 4.51. The van der Waals surface area contributed by atoms with Gasteiger partial charge in [0.05, 0.1) is 5.69 Å². The Morgan fingerprint density at radius 3 is 2.11 bits per heavy atom. The van der Waals surface area contributed by atoms with Gasteiger partial charge in [-0.15, -0.1) is 0 Å². The molecule has 0 aromatic heterocycles. The summed E-state index contributed by atoms with van der Waals surface area (Å²) in [6.45, 7) is 4.27. The molecule has 1 heteroatoms. The molecule has 0 bridgehead atoms. The highest BCUT2D eigenvalue weighted by molar-refractivity contribution is 5.99. The van der Waals surface area contributed by atoms with Gasteiger partial charge in [0.1, 0.15) is 0 Å². The van der Waals surface area contributed by atoms with E-state index < -0.39 is 0 Å². The molecular formula is C18H17N. The second-order valence-corrected chi connectivity index (χ2v) is 5.25. The summed E-state index contributed by atoms with van der Waals surface area (Å²) >= 11 is 0. The van der Waals surface area contributed by atoms with Crippen molar-refractivity contribution in [1.29, 1.82) is 0 Å². The van der Waals surface area contributed by atoms with Gasteiger partial charge >= 0.3 is 0 Å². The van der Waals surface area contributed by atoms with Gasteiger partial charge in [0.25, 0.3) is 0 Å². The molecule has 0 saturated heterocycles. The Hall–Kier alpha value is -2.15. The van der Waals surface area contributed by atoms with Crippen LogP contribution in [0.5, 0.6) is 0 Å².